The van der Waals surface area contributed by atoms with Crippen LogP contribution in [0.3, 0.4) is 0 Å². The van der Waals surface area contributed by atoms with E-state index in [-0.39, 0.29) is 16.1 Å². The molecule has 1 aromatic carbocycles. The minimum absolute atomic E-state index is 0.104. The Morgan fingerprint density at radius 1 is 1.32 bits per heavy atom. The fourth-order valence-corrected chi connectivity index (χ4v) is 2.34. The van der Waals surface area contributed by atoms with Crippen molar-refractivity contribution in [3.8, 4) is 0 Å². The first-order valence-corrected chi connectivity index (χ1v) is 7.35. The van der Waals surface area contributed by atoms with Crippen molar-refractivity contribution < 1.29 is 13.5 Å². The summed E-state index contributed by atoms with van der Waals surface area (Å²) in [5, 5.41) is 3.13. The molecule has 0 radical (unpaired) electrons. The highest BCUT2D eigenvalue weighted by Crippen LogP contribution is 2.29. The molecule has 0 aliphatic heterocycles. The fraction of sp³-hybridized carbons (Fsp3) is 0.571. The van der Waals surface area contributed by atoms with Crippen LogP contribution in [0.25, 0.3) is 0 Å². The molecule has 0 saturated carbocycles. The summed E-state index contributed by atoms with van der Waals surface area (Å²) in [5.41, 5.74) is 0.104. The van der Waals surface area contributed by atoms with Gasteiger partial charge in [0, 0.05) is 24.8 Å². The van der Waals surface area contributed by atoms with Crippen LogP contribution in [0.2, 0.25) is 0 Å². The lowest BCUT2D eigenvalue weighted by atomic mass is 10.0. The molecule has 1 rings (SSSR count). The van der Waals surface area contributed by atoms with Crippen LogP contribution < -0.4 is 5.32 Å². The molecule has 0 fully saturated rings. The number of benzene rings is 1. The lowest BCUT2D eigenvalue weighted by molar-refractivity contribution is 0.140. The highest BCUT2D eigenvalue weighted by atomic mass is 79.9. The molecule has 0 bridgehead atoms. The zero-order valence-electron chi connectivity index (χ0n) is 11.3. The first-order valence-electron chi connectivity index (χ1n) is 6.56. The molecule has 1 atom stereocenters. The van der Waals surface area contributed by atoms with Gasteiger partial charge in [-0.3, -0.25) is 0 Å². The van der Waals surface area contributed by atoms with E-state index in [4.69, 9.17) is 4.74 Å². The zero-order valence-corrected chi connectivity index (χ0v) is 12.9. The number of rotatable bonds is 8. The lowest BCUT2D eigenvalue weighted by Crippen LogP contribution is -2.23. The van der Waals surface area contributed by atoms with Crippen molar-refractivity contribution in [1.29, 1.82) is 0 Å². The van der Waals surface area contributed by atoms with E-state index in [1.165, 1.54) is 12.1 Å². The first-order chi connectivity index (χ1) is 9.11. The summed E-state index contributed by atoms with van der Waals surface area (Å²) in [5.74, 6) is -1.04. The van der Waals surface area contributed by atoms with Gasteiger partial charge in [-0.1, -0.05) is 6.92 Å². The summed E-state index contributed by atoms with van der Waals surface area (Å²) in [6, 6.07) is 2.34. The van der Waals surface area contributed by atoms with Crippen LogP contribution in [0.5, 0.6) is 0 Å². The molecule has 2 nitrogen and oxygen atoms in total. The fourth-order valence-electron chi connectivity index (χ4n) is 1.99. The SMILES string of the molecule is CCNC(CCCOCC)c1c(F)ccc(Br)c1F. The van der Waals surface area contributed by atoms with Gasteiger partial charge in [-0.15, -0.1) is 0 Å². The van der Waals surface area contributed by atoms with E-state index in [0.717, 1.165) is 6.42 Å². The molecule has 1 N–H and O–H groups in total. The molecule has 19 heavy (non-hydrogen) atoms. The Hall–Kier alpha value is -0.520. The van der Waals surface area contributed by atoms with Crippen molar-refractivity contribution in [2.45, 2.75) is 32.7 Å². The second kappa shape index (κ2) is 8.61. The molecule has 0 amide bonds. The largest absolute Gasteiger partial charge is 0.382 e. The highest BCUT2D eigenvalue weighted by molar-refractivity contribution is 9.10. The normalized spacial score (nSPS) is 12.7. The molecule has 1 unspecified atom stereocenters. The third-order valence-corrected chi connectivity index (χ3v) is 3.48. The summed E-state index contributed by atoms with van der Waals surface area (Å²) in [6.07, 6.45) is 1.40. The maximum Gasteiger partial charge on any atom is 0.145 e. The van der Waals surface area contributed by atoms with Crippen LogP contribution in [0.15, 0.2) is 16.6 Å². The van der Waals surface area contributed by atoms with Crippen molar-refractivity contribution in [2.24, 2.45) is 0 Å². The average molecular weight is 336 g/mol. The van der Waals surface area contributed by atoms with Crippen LogP contribution >= 0.6 is 15.9 Å². The van der Waals surface area contributed by atoms with Gasteiger partial charge in [0.15, 0.2) is 0 Å². The van der Waals surface area contributed by atoms with Crippen LogP contribution in [0.1, 0.15) is 38.3 Å². The predicted octanol–water partition coefficient (Wildman–Crippen LogP) is 4.19. The van der Waals surface area contributed by atoms with Gasteiger partial charge in [0.05, 0.1) is 4.47 Å². The van der Waals surface area contributed by atoms with Crippen LogP contribution in [-0.4, -0.2) is 19.8 Å². The molecular formula is C14H20BrF2NO. The maximum atomic E-state index is 14.1. The Labute approximate surface area is 121 Å². The summed E-state index contributed by atoms with van der Waals surface area (Å²) in [4.78, 5) is 0. The van der Waals surface area contributed by atoms with E-state index in [1.807, 2.05) is 13.8 Å². The van der Waals surface area contributed by atoms with Crippen molar-refractivity contribution >= 4 is 15.9 Å². The molecule has 0 aliphatic rings. The van der Waals surface area contributed by atoms with Crippen LogP contribution in [-0.2, 0) is 4.74 Å². The number of halogens is 3. The van der Waals surface area contributed by atoms with Gasteiger partial charge in [-0.2, -0.15) is 0 Å². The summed E-state index contributed by atoms with van der Waals surface area (Å²) >= 11 is 3.10. The Bertz CT molecular complexity index is 401. The molecular weight excluding hydrogens is 316 g/mol. The second-order valence-electron chi connectivity index (χ2n) is 4.21. The van der Waals surface area contributed by atoms with Crippen LogP contribution in [0.4, 0.5) is 8.78 Å². The van der Waals surface area contributed by atoms with Crippen molar-refractivity contribution in [3.05, 3.63) is 33.8 Å². The summed E-state index contributed by atoms with van der Waals surface area (Å²) < 4.78 is 33.4. The third kappa shape index (κ3) is 4.82. The van der Waals surface area contributed by atoms with Gasteiger partial charge < -0.3 is 10.1 Å². The van der Waals surface area contributed by atoms with E-state index in [2.05, 4.69) is 21.2 Å². The molecule has 0 aliphatic carbocycles. The summed E-state index contributed by atoms with van der Waals surface area (Å²) in [7, 11) is 0. The minimum atomic E-state index is -0.526. The van der Waals surface area contributed by atoms with Gasteiger partial charge in [0.25, 0.3) is 0 Å². The molecule has 1 aromatic rings. The minimum Gasteiger partial charge on any atom is -0.382 e. The maximum absolute atomic E-state index is 14.1. The van der Waals surface area contributed by atoms with Crippen LogP contribution in [0, 0.1) is 11.6 Å². The Morgan fingerprint density at radius 3 is 2.68 bits per heavy atom. The van der Waals surface area contributed by atoms with Gasteiger partial charge >= 0.3 is 0 Å². The Balaban J connectivity index is 2.83. The molecule has 0 spiro atoms. The molecule has 108 valence electrons. The summed E-state index contributed by atoms with van der Waals surface area (Å²) in [6.45, 7) is 5.77. The number of hydrogen-bond donors (Lipinski definition) is 1. The standard InChI is InChI=1S/C14H20BrF2NO/c1-3-18-12(6-5-9-19-4-2)13-11(16)8-7-10(15)14(13)17/h7-8,12,18H,3-6,9H2,1-2H3. The first kappa shape index (κ1) is 16.5. The van der Waals surface area contributed by atoms with Gasteiger partial charge in [-0.05, 0) is 54.4 Å². The van der Waals surface area contributed by atoms with Gasteiger partial charge in [0.2, 0.25) is 0 Å². The monoisotopic (exact) mass is 335 g/mol. The van der Waals surface area contributed by atoms with Crippen molar-refractivity contribution in [2.75, 3.05) is 19.8 Å². The van der Waals surface area contributed by atoms with Gasteiger partial charge in [-0.25, -0.2) is 8.78 Å². The third-order valence-electron chi connectivity index (χ3n) is 2.86. The zero-order chi connectivity index (χ0) is 14.3. The smallest absolute Gasteiger partial charge is 0.145 e. The molecule has 0 saturated heterocycles. The van der Waals surface area contributed by atoms with E-state index >= 15 is 0 Å². The van der Waals surface area contributed by atoms with Crippen molar-refractivity contribution in [1.82, 2.24) is 5.32 Å². The van der Waals surface area contributed by atoms with E-state index in [1.54, 1.807) is 0 Å². The van der Waals surface area contributed by atoms with Gasteiger partial charge in [0.1, 0.15) is 11.6 Å². The molecule has 5 heteroatoms. The Kier molecular flexibility index (Phi) is 7.49. The average Bonchev–Trinajstić information content (AvgIpc) is 2.39. The number of nitrogens with one attached hydrogen (secondary N) is 1. The quantitative estimate of drug-likeness (QED) is 0.568. The van der Waals surface area contributed by atoms with E-state index in [0.29, 0.717) is 26.2 Å². The molecule has 0 aromatic heterocycles. The van der Waals surface area contributed by atoms with E-state index in [9.17, 15) is 8.78 Å². The lowest BCUT2D eigenvalue weighted by Gasteiger charge is -2.20. The topological polar surface area (TPSA) is 21.3 Å². The Morgan fingerprint density at radius 2 is 2.05 bits per heavy atom. The molecule has 0 heterocycles. The predicted molar refractivity (Wildman–Crippen MR) is 76.2 cm³/mol. The number of ether oxygens (including phenoxy) is 1. The number of hydrogen-bond acceptors (Lipinski definition) is 2. The second-order valence-corrected chi connectivity index (χ2v) is 5.06. The van der Waals surface area contributed by atoms with Crippen molar-refractivity contribution in [3.63, 3.8) is 0 Å². The highest BCUT2D eigenvalue weighted by Gasteiger charge is 2.21. The van der Waals surface area contributed by atoms with E-state index < -0.39 is 11.6 Å².